The zero-order chi connectivity index (χ0) is 12.3. The highest BCUT2D eigenvalue weighted by molar-refractivity contribution is 9.10. The molecule has 0 aromatic carbocycles. The first-order valence-electron chi connectivity index (χ1n) is 4.75. The number of rotatable bonds is 4. The largest absolute Gasteiger partial charge is 0.388 e. The maximum absolute atomic E-state index is 5.58. The second-order valence-corrected chi connectivity index (χ2v) is 5.46. The van der Waals surface area contributed by atoms with Gasteiger partial charge in [0.25, 0.3) is 0 Å². The van der Waals surface area contributed by atoms with Crippen LogP contribution >= 0.6 is 39.5 Å². The first kappa shape index (κ1) is 12.4. The van der Waals surface area contributed by atoms with Crippen molar-refractivity contribution in [2.75, 3.05) is 5.32 Å². The van der Waals surface area contributed by atoms with E-state index in [1.165, 1.54) is 4.88 Å². The van der Waals surface area contributed by atoms with Gasteiger partial charge in [-0.1, -0.05) is 12.2 Å². The molecule has 0 radical (unpaired) electrons. The molecular formula is C10H9BrN4S2. The summed E-state index contributed by atoms with van der Waals surface area (Å²) < 4.78 is 1.08. The van der Waals surface area contributed by atoms with Gasteiger partial charge >= 0.3 is 0 Å². The van der Waals surface area contributed by atoms with E-state index in [0.717, 1.165) is 4.47 Å². The van der Waals surface area contributed by atoms with Gasteiger partial charge in [0.2, 0.25) is 0 Å². The summed E-state index contributed by atoms with van der Waals surface area (Å²) in [5.74, 6) is 0.611. The molecule has 0 amide bonds. The number of aromatic nitrogens is 2. The standard InChI is InChI=1S/C10H9BrN4S2/c11-6-1-4-17-7(6)5-15-10-8(9(12)16)13-2-3-14-10/h1-4H,5H2,(H2,12,16)(H,14,15). The van der Waals surface area contributed by atoms with E-state index in [1.54, 1.807) is 23.7 Å². The molecule has 17 heavy (non-hydrogen) atoms. The van der Waals surface area contributed by atoms with Gasteiger partial charge in [-0.3, -0.25) is 0 Å². The summed E-state index contributed by atoms with van der Waals surface area (Å²) in [6, 6.07) is 2.01. The molecule has 0 atom stereocenters. The van der Waals surface area contributed by atoms with Gasteiger partial charge in [0.1, 0.15) is 10.7 Å². The van der Waals surface area contributed by atoms with E-state index < -0.39 is 0 Å². The monoisotopic (exact) mass is 328 g/mol. The average molecular weight is 329 g/mol. The number of nitrogens with one attached hydrogen (secondary N) is 1. The zero-order valence-electron chi connectivity index (χ0n) is 8.68. The Morgan fingerprint density at radius 1 is 1.47 bits per heavy atom. The summed E-state index contributed by atoms with van der Waals surface area (Å²) in [6.07, 6.45) is 3.17. The number of thiocarbonyl (C=S) groups is 1. The molecule has 0 bridgehead atoms. The van der Waals surface area contributed by atoms with Crippen molar-refractivity contribution in [2.24, 2.45) is 5.73 Å². The smallest absolute Gasteiger partial charge is 0.155 e. The summed E-state index contributed by atoms with van der Waals surface area (Å²) in [6.45, 7) is 0.659. The molecule has 0 saturated heterocycles. The van der Waals surface area contributed by atoms with E-state index in [0.29, 0.717) is 18.1 Å². The predicted molar refractivity (Wildman–Crippen MR) is 77.3 cm³/mol. The van der Waals surface area contributed by atoms with Crippen LogP contribution in [-0.4, -0.2) is 15.0 Å². The molecule has 0 fully saturated rings. The minimum Gasteiger partial charge on any atom is -0.388 e. The summed E-state index contributed by atoms with van der Waals surface area (Å²) in [7, 11) is 0. The molecule has 2 heterocycles. The van der Waals surface area contributed by atoms with Crippen LogP contribution in [-0.2, 0) is 6.54 Å². The van der Waals surface area contributed by atoms with Crippen LogP contribution in [0.5, 0.6) is 0 Å². The summed E-state index contributed by atoms with van der Waals surface area (Å²) in [4.78, 5) is 9.70. The van der Waals surface area contributed by atoms with Crippen LogP contribution in [0.15, 0.2) is 28.3 Å². The highest BCUT2D eigenvalue weighted by atomic mass is 79.9. The van der Waals surface area contributed by atoms with Crippen LogP contribution in [0.3, 0.4) is 0 Å². The van der Waals surface area contributed by atoms with Crippen LogP contribution in [0.1, 0.15) is 10.6 Å². The lowest BCUT2D eigenvalue weighted by Gasteiger charge is -2.07. The zero-order valence-corrected chi connectivity index (χ0v) is 11.9. The number of hydrogen-bond donors (Lipinski definition) is 2. The quantitative estimate of drug-likeness (QED) is 0.844. The lowest BCUT2D eigenvalue weighted by molar-refractivity contribution is 1.09. The maximum Gasteiger partial charge on any atom is 0.155 e. The third kappa shape index (κ3) is 2.99. The van der Waals surface area contributed by atoms with Gasteiger partial charge < -0.3 is 11.1 Å². The van der Waals surface area contributed by atoms with Gasteiger partial charge in [-0.05, 0) is 27.4 Å². The highest BCUT2D eigenvalue weighted by Crippen LogP contribution is 2.23. The molecule has 0 spiro atoms. The minimum absolute atomic E-state index is 0.242. The Balaban J connectivity index is 2.14. The third-order valence-electron chi connectivity index (χ3n) is 2.04. The molecular weight excluding hydrogens is 320 g/mol. The van der Waals surface area contributed by atoms with Crippen molar-refractivity contribution in [1.82, 2.24) is 9.97 Å². The molecule has 2 aromatic rings. The fourth-order valence-electron chi connectivity index (χ4n) is 1.26. The maximum atomic E-state index is 5.58. The third-order valence-corrected chi connectivity index (χ3v) is 4.16. The van der Waals surface area contributed by atoms with E-state index in [9.17, 15) is 0 Å². The number of nitrogens with two attached hydrogens (primary N) is 1. The van der Waals surface area contributed by atoms with Crippen LogP contribution < -0.4 is 11.1 Å². The van der Waals surface area contributed by atoms with Gasteiger partial charge in [0.05, 0.1) is 6.54 Å². The fourth-order valence-corrected chi connectivity index (χ4v) is 2.84. The van der Waals surface area contributed by atoms with Crippen molar-refractivity contribution in [1.29, 1.82) is 0 Å². The molecule has 88 valence electrons. The van der Waals surface area contributed by atoms with Gasteiger partial charge in [0.15, 0.2) is 5.82 Å². The van der Waals surface area contributed by atoms with Gasteiger partial charge in [-0.25, -0.2) is 9.97 Å². The number of thiophene rings is 1. The minimum atomic E-state index is 0.242. The van der Waals surface area contributed by atoms with E-state index in [1.807, 2.05) is 11.4 Å². The van der Waals surface area contributed by atoms with E-state index in [-0.39, 0.29) is 4.99 Å². The van der Waals surface area contributed by atoms with Crippen molar-refractivity contribution < 1.29 is 0 Å². The second kappa shape index (κ2) is 5.52. The van der Waals surface area contributed by atoms with Crippen molar-refractivity contribution >= 4 is 50.3 Å². The normalized spacial score (nSPS) is 10.2. The van der Waals surface area contributed by atoms with E-state index >= 15 is 0 Å². The molecule has 2 aromatic heterocycles. The Hall–Kier alpha value is -1.05. The van der Waals surface area contributed by atoms with Crippen LogP contribution in [0.4, 0.5) is 5.82 Å². The van der Waals surface area contributed by atoms with Gasteiger partial charge in [-0.2, -0.15) is 0 Å². The Morgan fingerprint density at radius 2 is 2.24 bits per heavy atom. The highest BCUT2D eigenvalue weighted by Gasteiger charge is 2.08. The molecule has 3 N–H and O–H groups in total. The lowest BCUT2D eigenvalue weighted by Crippen LogP contribution is -2.16. The predicted octanol–water partition coefficient (Wildman–Crippen LogP) is 2.55. The molecule has 4 nitrogen and oxygen atoms in total. The topological polar surface area (TPSA) is 63.8 Å². The molecule has 0 saturated carbocycles. The van der Waals surface area contributed by atoms with Crippen LogP contribution in [0, 0.1) is 0 Å². The number of hydrogen-bond acceptors (Lipinski definition) is 5. The first-order valence-corrected chi connectivity index (χ1v) is 6.83. The van der Waals surface area contributed by atoms with E-state index in [2.05, 4.69) is 31.2 Å². The van der Waals surface area contributed by atoms with Crippen molar-refractivity contribution in [3.8, 4) is 0 Å². The van der Waals surface area contributed by atoms with Crippen molar-refractivity contribution in [3.05, 3.63) is 38.9 Å². The summed E-state index contributed by atoms with van der Waals surface area (Å²) in [5.41, 5.74) is 6.10. The van der Waals surface area contributed by atoms with Gasteiger partial charge in [-0.15, -0.1) is 11.3 Å². The Morgan fingerprint density at radius 3 is 2.88 bits per heavy atom. The number of anilines is 1. The molecule has 0 aliphatic heterocycles. The van der Waals surface area contributed by atoms with Crippen LogP contribution in [0.2, 0.25) is 0 Å². The summed E-state index contributed by atoms with van der Waals surface area (Å²) >= 11 is 10.1. The fraction of sp³-hybridized carbons (Fsp3) is 0.100. The van der Waals surface area contributed by atoms with Gasteiger partial charge in [0, 0.05) is 21.7 Å². The SMILES string of the molecule is NC(=S)c1nccnc1NCc1sccc1Br. The lowest BCUT2D eigenvalue weighted by atomic mass is 10.4. The first-order chi connectivity index (χ1) is 8.18. The van der Waals surface area contributed by atoms with Crippen molar-refractivity contribution in [3.63, 3.8) is 0 Å². The Kier molecular flexibility index (Phi) is 4.03. The van der Waals surface area contributed by atoms with Crippen molar-refractivity contribution in [2.45, 2.75) is 6.54 Å². The van der Waals surface area contributed by atoms with Crippen LogP contribution in [0.25, 0.3) is 0 Å². The molecule has 0 aliphatic carbocycles. The molecule has 7 heteroatoms. The molecule has 0 aliphatic rings. The second-order valence-electron chi connectivity index (χ2n) is 3.16. The number of halogens is 1. The number of nitrogens with zero attached hydrogens (tertiary/aromatic N) is 2. The average Bonchev–Trinajstić information content (AvgIpc) is 2.72. The molecule has 0 unspecified atom stereocenters. The molecule has 2 rings (SSSR count). The Bertz CT molecular complexity index is 541. The summed E-state index contributed by atoms with van der Waals surface area (Å²) in [5, 5.41) is 5.20. The Labute approximate surface area is 116 Å². The van der Waals surface area contributed by atoms with E-state index in [4.69, 9.17) is 18.0 Å².